The third-order valence-corrected chi connectivity index (χ3v) is 2.66. The van der Waals surface area contributed by atoms with Gasteiger partial charge in [0.2, 0.25) is 0 Å². The average molecular weight is 168 g/mol. The van der Waals surface area contributed by atoms with E-state index in [1.165, 1.54) is 11.3 Å². The average Bonchev–Trinajstić information content (AvgIpc) is 2.37. The molecular formula is C6H8N4S. The zero-order valence-electron chi connectivity index (χ0n) is 6.01. The third kappa shape index (κ3) is 0.775. The highest BCUT2D eigenvalue weighted by atomic mass is 32.1. The fraction of sp³-hybridized carbons (Fsp3) is 0.167. The molecule has 0 atom stereocenters. The van der Waals surface area contributed by atoms with Gasteiger partial charge in [0.25, 0.3) is 0 Å². The minimum absolute atomic E-state index is 0.453. The fourth-order valence-corrected chi connectivity index (χ4v) is 1.92. The maximum Gasteiger partial charge on any atom is 0.199 e. The van der Waals surface area contributed by atoms with Gasteiger partial charge in [0.15, 0.2) is 5.95 Å². The summed E-state index contributed by atoms with van der Waals surface area (Å²) in [6.07, 6.45) is 0. The third-order valence-electron chi connectivity index (χ3n) is 1.64. The largest absolute Gasteiger partial charge is 0.390 e. The topological polar surface area (TPSA) is 80.7 Å². The molecule has 0 saturated carbocycles. The number of nitrogens with one attached hydrogen (secondary N) is 1. The molecule has 0 aromatic carbocycles. The van der Waals surface area contributed by atoms with Gasteiger partial charge in [-0.25, -0.2) is 4.98 Å². The predicted octanol–water partition coefficient (Wildman–Crippen LogP) is 1.10. The highest BCUT2D eigenvalue weighted by Crippen LogP contribution is 2.30. The van der Waals surface area contributed by atoms with Crippen LogP contribution in [0.15, 0.2) is 0 Å². The number of hydrogen-bond acceptors (Lipinski definition) is 4. The molecule has 0 fully saturated rings. The van der Waals surface area contributed by atoms with Crippen LogP contribution < -0.4 is 11.5 Å². The first-order chi connectivity index (χ1) is 5.18. The van der Waals surface area contributed by atoms with Gasteiger partial charge in [-0.15, -0.1) is 0 Å². The van der Waals surface area contributed by atoms with Crippen LogP contribution >= 0.6 is 11.3 Å². The monoisotopic (exact) mass is 168 g/mol. The van der Waals surface area contributed by atoms with Crippen LogP contribution in [0.4, 0.5) is 10.9 Å². The standard InChI is InChI=1S/C6H8N4S/c1-2-3-5(11-4(2)7)10-6(8)9-3/h7H2,1H3,(H3,8,9,10). The van der Waals surface area contributed by atoms with Crippen molar-refractivity contribution in [2.75, 3.05) is 11.5 Å². The molecule has 2 aromatic rings. The van der Waals surface area contributed by atoms with Gasteiger partial charge >= 0.3 is 0 Å². The number of aromatic amines is 1. The van der Waals surface area contributed by atoms with E-state index in [1.54, 1.807) is 0 Å². The van der Waals surface area contributed by atoms with E-state index >= 15 is 0 Å². The van der Waals surface area contributed by atoms with Crippen molar-refractivity contribution in [2.45, 2.75) is 6.92 Å². The number of hydrogen-bond donors (Lipinski definition) is 3. The number of imidazole rings is 1. The molecule has 2 heterocycles. The van der Waals surface area contributed by atoms with E-state index in [4.69, 9.17) is 11.5 Å². The predicted molar refractivity (Wildman–Crippen MR) is 47.5 cm³/mol. The second-order valence-corrected chi connectivity index (χ2v) is 3.42. The van der Waals surface area contributed by atoms with Crippen LogP contribution in [0.1, 0.15) is 5.56 Å². The van der Waals surface area contributed by atoms with Crippen molar-refractivity contribution >= 4 is 32.6 Å². The van der Waals surface area contributed by atoms with Crippen LogP contribution in [0.3, 0.4) is 0 Å². The molecule has 4 nitrogen and oxygen atoms in total. The summed E-state index contributed by atoms with van der Waals surface area (Å²) in [5.41, 5.74) is 13.1. The maximum atomic E-state index is 5.66. The van der Waals surface area contributed by atoms with Gasteiger partial charge in [-0.05, 0) is 6.92 Å². The Balaban J connectivity index is 2.88. The van der Waals surface area contributed by atoms with Gasteiger partial charge in [-0.1, -0.05) is 11.3 Å². The summed E-state index contributed by atoms with van der Waals surface area (Å²) < 4.78 is 0. The highest BCUT2D eigenvalue weighted by Gasteiger charge is 2.08. The quantitative estimate of drug-likeness (QED) is 0.551. The molecule has 0 bridgehead atoms. The van der Waals surface area contributed by atoms with Crippen LogP contribution in [0.2, 0.25) is 0 Å². The molecule has 0 spiro atoms. The van der Waals surface area contributed by atoms with Crippen molar-refractivity contribution in [3.8, 4) is 0 Å². The van der Waals surface area contributed by atoms with Gasteiger partial charge in [0, 0.05) is 5.56 Å². The number of anilines is 2. The number of thiophene rings is 1. The zero-order valence-corrected chi connectivity index (χ0v) is 6.83. The Labute approximate surface area is 67.2 Å². The van der Waals surface area contributed by atoms with Gasteiger partial charge in [-0.2, -0.15) is 0 Å². The summed E-state index contributed by atoms with van der Waals surface area (Å²) in [5.74, 6) is 0.453. The molecule has 58 valence electrons. The minimum atomic E-state index is 0.453. The number of H-pyrrole nitrogens is 1. The maximum absolute atomic E-state index is 5.66. The Bertz CT molecular complexity index is 400. The van der Waals surface area contributed by atoms with Crippen molar-refractivity contribution in [1.29, 1.82) is 0 Å². The van der Waals surface area contributed by atoms with E-state index in [2.05, 4.69) is 9.97 Å². The molecule has 0 amide bonds. The van der Waals surface area contributed by atoms with E-state index in [0.29, 0.717) is 5.95 Å². The molecular weight excluding hydrogens is 160 g/mol. The van der Waals surface area contributed by atoms with E-state index in [1.807, 2.05) is 6.92 Å². The number of nitrogens with two attached hydrogens (primary N) is 2. The van der Waals surface area contributed by atoms with Crippen LogP contribution in [0.5, 0.6) is 0 Å². The lowest BCUT2D eigenvalue weighted by atomic mass is 10.3. The highest BCUT2D eigenvalue weighted by molar-refractivity contribution is 7.22. The molecule has 0 radical (unpaired) electrons. The molecule has 0 unspecified atom stereocenters. The summed E-state index contributed by atoms with van der Waals surface area (Å²) in [4.78, 5) is 7.89. The van der Waals surface area contributed by atoms with Crippen molar-refractivity contribution in [3.05, 3.63) is 5.56 Å². The van der Waals surface area contributed by atoms with Gasteiger partial charge < -0.3 is 16.5 Å². The van der Waals surface area contributed by atoms with Gasteiger partial charge in [-0.3, -0.25) is 0 Å². The summed E-state index contributed by atoms with van der Waals surface area (Å²) in [7, 11) is 0. The summed E-state index contributed by atoms with van der Waals surface area (Å²) in [6, 6.07) is 0. The van der Waals surface area contributed by atoms with Crippen LogP contribution in [-0.2, 0) is 0 Å². The normalized spacial score (nSPS) is 11.0. The number of aromatic nitrogens is 2. The first kappa shape index (κ1) is 6.48. The SMILES string of the molecule is Cc1c(N)sc2nc(N)[nH]c12. The number of fused-ring (bicyclic) bond motifs is 1. The van der Waals surface area contributed by atoms with Crippen molar-refractivity contribution in [2.24, 2.45) is 0 Å². The molecule has 11 heavy (non-hydrogen) atoms. The first-order valence-electron chi connectivity index (χ1n) is 3.18. The lowest BCUT2D eigenvalue weighted by Crippen LogP contribution is -1.86. The molecule has 0 saturated heterocycles. The molecule has 5 N–H and O–H groups in total. The minimum Gasteiger partial charge on any atom is -0.390 e. The van der Waals surface area contributed by atoms with E-state index < -0.39 is 0 Å². The van der Waals surface area contributed by atoms with Crippen LogP contribution in [-0.4, -0.2) is 9.97 Å². The summed E-state index contributed by atoms with van der Waals surface area (Å²) in [6.45, 7) is 1.95. The van der Waals surface area contributed by atoms with E-state index in [0.717, 1.165) is 20.9 Å². The Morgan fingerprint density at radius 3 is 2.82 bits per heavy atom. The Morgan fingerprint density at radius 1 is 1.45 bits per heavy atom. The second kappa shape index (κ2) is 1.88. The van der Waals surface area contributed by atoms with Crippen molar-refractivity contribution in [1.82, 2.24) is 9.97 Å². The van der Waals surface area contributed by atoms with Crippen molar-refractivity contribution in [3.63, 3.8) is 0 Å². The number of nitrogen functional groups attached to an aromatic ring is 2. The lowest BCUT2D eigenvalue weighted by Gasteiger charge is -1.86. The smallest absolute Gasteiger partial charge is 0.199 e. The first-order valence-corrected chi connectivity index (χ1v) is 4.00. The van der Waals surface area contributed by atoms with Crippen molar-refractivity contribution < 1.29 is 0 Å². The molecule has 0 aliphatic carbocycles. The molecule has 0 aliphatic heterocycles. The Kier molecular flexibility index (Phi) is 1.11. The molecule has 2 rings (SSSR count). The lowest BCUT2D eigenvalue weighted by molar-refractivity contribution is 1.35. The van der Waals surface area contributed by atoms with Gasteiger partial charge in [0.05, 0.1) is 10.5 Å². The number of nitrogens with zero attached hydrogens (tertiary/aromatic N) is 1. The van der Waals surface area contributed by atoms with E-state index in [9.17, 15) is 0 Å². The fourth-order valence-electron chi connectivity index (χ4n) is 1.01. The molecule has 2 aromatic heterocycles. The zero-order chi connectivity index (χ0) is 8.01. The Morgan fingerprint density at radius 2 is 2.18 bits per heavy atom. The second-order valence-electron chi connectivity index (χ2n) is 2.39. The number of rotatable bonds is 0. The Hall–Kier alpha value is -1.23. The summed E-state index contributed by atoms with van der Waals surface area (Å²) in [5, 5.41) is 0.804. The number of aryl methyl sites for hydroxylation is 1. The van der Waals surface area contributed by atoms with Crippen LogP contribution in [0, 0.1) is 6.92 Å². The van der Waals surface area contributed by atoms with E-state index in [-0.39, 0.29) is 0 Å². The molecule has 0 aliphatic rings. The summed E-state index contributed by atoms with van der Waals surface area (Å²) >= 11 is 1.45. The molecule has 5 heteroatoms. The van der Waals surface area contributed by atoms with Crippen LogP contribution in [0.25, 0.3) is 10.3 Å². The van der Waals surface area contributed by atoms with Gasteiger partial charge in [0.1, 0.15) is 4.83 Å².